The summed E-state index contributed by atoms with van der Waals surface area (Å²) in [6.07, 6.45) is 1.92. The van der Waals surface area contributed by atoms with E-state index in [4.69, 9.17) is 9.84 Å². The Bertz CT molecular complexity index is 566. The second kappa shape index (κ2) is 6.70. The quantitative estimate of drug-likeness (QED) is 0.839. The fourth-order valence-electron chi connectivity index (χ4n) is 1.80. The first-order valence-corrected chi connectivity index (χ1v) is 6.56. The number of carbonyl (C=O) groups is 1. The predicted molar refractivity (Wildman–Crippen MR) is 72.7 cm³/mol. The summed E-state index contributed by atoms with van der Waals surface area (Å²) in [6.45, 7) is 2.85. The molecule has 0 saturated heterocycles. The van der Waals surface area contributed by atoms with Crippen LogP contribution in [0.3, 0.4) is 0 Å². The standard InChI is InChI=1S/C14H17N3O3/c1-2-3-9-17-12(13(14(18)19)15-16-17)10-20-11-7-5-4-6-8-11/h4-8H,2-3,9-10H2,1H3,(H,18,19). The molecule has 0 unspecified atom stereocenters. The molecule has 1 aromatic carbocycles. The number of carboxylic acids is 1. The molecule has 0 amide bonds. The molecular weight excluding hydrogens is 258 g/mol. The van der Waals surface area contributed by atoms with Crippen molar-refractivity contribution in [1.29, 1.82) is 0 Å². The Labute approximate surface area is 117 Å². The predicted octanol–water partition coefficient (Wildman–Crippen LogP) is 2.36. The summed E-state index contributed by atoms with van der Waals surface area (Å²) in [5.41, 5.74) is 0.451. The molecule has 6 heteroatoms. The Kier molecular flexibility index (Phi) is 4.70. The molecule has 0 aliphatic rings. The van der Waals surface area contributed by atoms with Gasteiger partial charge in [0.05, 0.1) is 0 Å². The van der Waals surface area contributed by atoms with Crippen molar-refractivity contribution in [2.75, 3.05) is 0 Å². The number of rotatable bonds is 7. The van der Waals surface area contributed by atoms with E-state index in [1.165, 1.54) is 0 Å². The molecular formula is C14H17N3O3. The lowest BCUT2D eigenvalue weighted by atomic mass is 10.3. The summed E-state index contributed by atoms with van der Waals surface area (Å²) in [6, 6.07) is 9.25. The Morgan fingerprint density at radius 3 is 2.75 bits per heavy atom. The van der Waals surface area contributed by atoms with Gasteiger partial charge in [-0.25, -0.2) is 9.48 Å². The van der Waals surface area contributed by atoms with E-state index in [0.717, 1.165) is 12.8 Å². The highest BCUT2D eigenvalue weighted by molar-refractivity contribution is 5.86. The normalized spacial score (nSPS) is 10.4. The van der Waals surface area contributed by atoms with Crippen LogP contribution >= 0.6 is 0 Å². The largest absolute Gasteiger partial charge is 0.487 e. The SMILES string of the molecule is CCCCn1nnc(C(=O)O)c1COc1ccccc1. The van der Waals surface area contributed by atoms with Gasteiger partial charge in [-0.3, -0.25) is 0 Å². The van der Waals surface area contributed by atoms with Gasteiger partial charge in [0.2, 0.25) is 0 Å². The van der Waals surface area contributed by atoms with Crippen LogP contribution in [0.5, 0.6) is 5.75 Å². The van der Waals surface area contributed by atoms with Crippen LogP contribution < -0.4 is 4.74 Å². The number of hydrogen-bond acceptors (Lipinski definition) is 4. The van der Waals surface area contributed by atoms with Crippen molar-refractivity contribution in [3.05, 3.63) is 41.7 Å². The summed E-state index contributed by atoms with van der Waals surface area (Å²) in [5, 5.41) is 16.7. The van der Waals surface area contributed by atoms with Gasteiger partial charge >= 0.3 is 5.97 Å². The molecule has 0 radical (unpaired) electrons. The number of unbranched alkanes of at least 4 members (excludes halogenated alkanes) is 1. The second-order valence-electron chi connectivity index (χ2n) is 4.37. The van der Waals surface area contributed by atoms with E-state index in [1.807, 2.05) is 30.3 Å². The van der Waals surface area contributed by atoms with Gasteiger partial charge in [-0.2, -0.15) is 0 Å². The molecule has 2 aromatic rings. The van der Waals surface area contributed by atoms with Crippen molar-refractivity contribution < 1.29 is 14.6 Å². The van der Waals surface area contributed by atoms with Crippen molar-refractivity contribution in [3.8, 4) is 5.75 Å². The minimum atomic E-state index is -1.08. The Morgan fingerprint density at radius 1 is 1.35 bits per heavy atom. The first-order valence-electron chi connectivity index (χ1n) is 6.56. The molecule has 0 spiro atoms. The number of benzene rings is 1. The third kappa shape index (κ3) is 3.34. The van der Waals surface area contributed by atoms with E-state index in [1.54, 1.807) is 4.68 Å². The molecule has 106 valence electrons. The molecule has 1 aromatic heterocycles. The zero-order valence-electron chi connectivity index (χ0n) is 11.3. The third-order valence-corrected chi connectivity index (χ3v) is 2.88. The number of para-hydroxylation sites is 1. The van der Waals surface area contributed by atoms with Crippen molar-refractivity contribution in [3.63, 3.8) is 0 Å². The molecule has 0 aliphatic heterocycles. The van der Waals surface area contributed by atoms with E-state index < -0.39 is 5.97 Å². The molecule has 0 fully saturated rings. The molecule has 0 atom stereocenters. The average molecular weight is 275 g/mol. The van der Waals surface area contributed by atoms with Gasteiger partial charge in [0.25, 0.3) is 0 Å². The van der Waals surface area contributed by atoms with Crippen LogP contribution in [-0.4, -0.2) is 26.1 Å². The number of ether oxygens (including phenoxy) is 1. The van der Waals surface area contributed by atoms with Crippen LogP contribution in [0.25, 0.3) is 0 Å². The summed E-state index contributed by atoms with van der Waals surface area (Å²) >= 11 is 0. The van der Waals surface area contributed by atoms with Crippen molar-refractivity contribution >= 4 is 5.97 Å². The van der Waals surface area contributed by atoms with Gasteiger partial charge in [0, 0.05) is 6.54 Å². The molecule has 0 bridgehead atoms. The number of aromatic carboxylic acids is 1. The minimum absolute atomic E-state index is 0.0444. The highest BCUT2D eigenvalue weighted by Gasteiger charge is 2.19. The topological polar surface area (TPSA) is 77.2 Å². The maximum absolute atomic E-state index is 11.1. The molecule has 2 rings (SSSR count). The monoisotopic (exact) mass is 275 g/mol. The number of hydrogen-bond donors (Lipinski definition) is 1. The highest BCUT2D eigenvalue weighted by atomic mass is 16.5. The number of aromatic nitrogens is 3. The van der Waals surface area contributed by atoms with Crippen LogP contribution in [0.4, 0.5) is 0 Å². The van der Waals surface area contributed by atoms with E-state index in [9.17, 15) is 4.79 Å². The fourth-order valence-corrected chi connectivity index (χ4v) is 1.80. The highest BCUT2D eigenvalue weighted by Crippen LogP contribution is 2.14. The second-order valence-corrected chi connectivity index (χ2v) is 4.37. The zero-order valence-corrected chi connectivity index (χ0v) is 11.3. The lowest BCUT2D eigenvalue weighted by Crippen LogP contribution is -2.11. The Hall–Kier alpha value is -2.37. The van der Waals surface area contributed by atoms with Crippen LogP contribution in [0.15, 0.2) is 30.3 Å². The molecule has 1 N–H and O–H groups in total. The Balaban J connectivity index is 2.15. The van der Waals surface area contributed by atoms with Gasteiger partial charge in [-0.1, -0.05) is 36.8 Å². The molecule has 20 heavy (non-hydrogen) atoms. The van der Waals surface area contributed by atoms with Crippen molar-refractivity contribution in [1.82, 2.24) is 15.0 Å². The summed E-state index contributed by atoms with van der Waals surface area (Å²) < 4.78 is 7.20. The molecule has 1 heterocycles. The van der Waals surface area contributed by atoms with Gasteiger partial charge in [0.1, 0.15) is 18.1 Å². The Morgan fingerprint density at radius 2 is 2.10 bits per heavy atom. The van der Waals surface area contributed by atoms with Gasteiger partial charge in [0.15, 0.2) is 5.69 Å². The van der Waals surface area contributed by atoms with E-state index in [2.05, 4.69) is 17.2 Å². The molecule has 6 nitrogen and oxygen atoms in total. The van der Waals surface area contributed by atoms with E-state index >= 15 is 0 Å². The first kappa shape index (κ1) is 14.0. The van der Waals surface area contributed by atoms with Crippen molar-refractivity contribution in [2.24, 2.45) is 0 Å². The summed E-state index contributed by atoms with van der Waals surface area (Å²) in [7, 11) is 0. The first-order chi connectivity index (χ1) is 9.72. The van der Waals surface area contributed by atoms with E-state index in [-0.39, 0.29) is 12.3 Å². The van der Waals surface area contributed by atoms with Crippen molar-refractivity contribution in [2.45, 2.75) is 32.9 Å². The molecule has 0 saturated carbocycles. The maximum atomic E-state index is 11.1. The maximum Gasteiger partial charge on any atom is 0.358 e. The minimum Gasteiger partial charge on any atom is -0.487 e. The van der Waals surface area contributed by atoms with Crippen LogP contribution in [0.1, 0.15) is 35.9 Å². The lowest BCUT2D eigenvalue weighted by molar-refractivity contribution is 0.0687. The summed E-state index contributed by atoms with van der Waals surface area (Å²) in [4.78, 5) is 11.1. The fraction of sp³-hybridized carbons (Fsp3) is 0.357. The van der Waals surface area contributed by atoms with Gasteiger partial charge in [-0.15, -0.1) is 5.10 Å². The molecule has 0 aliphatic carbocycles. The van der Waals surface area contributed by atoms with Crippen LogP contribution in [-0.2, 0) is 13.2 Å². The zero-order chi connectivity index (χ0) is 14.4. The van der Waals surface area contributed by atoms with Crippen LogP contribution in [0.2, 0.25) is 0 Å². The van der Waals surface area contributed by atoms with Crippen LogP contribution in [0, 0.1) is 0 Å². The average Bonchev–Trinajstić information content (AvgIpc) is 2.87. The van der Waals surface area contributed by atoms with E-state index in [0.29, 0.717) is 18.0 Å². The lowest BCUT2D eigenvalue weighted by Gasteiger charge is -2.08. The smallest absolute Gasteiger partial charge is 0.358 e. The number of carboxylic acid groups (broad SMARTS) is 1. The number of nitrogens with zero attached hydrogens (tertiary/aromatic N) is 3. The summed E-state index contributed by atoms with van der Waals surface area (Å²) in [5.74, 6) is -0.397. The van der Waals surface area contributed by atoms with Gasteiger partial charge in [-0.05, 0) is 18.6 Å². The van der Waals surface area contributed by atoms with Gasteiger partial charge < -0.3 is 9.84 Å². The number of aryl methyl sites for hydroxylation is 1. The third-order valence-electron chi connectivity index (χ3n) is 2.88.